The highest BCUT2D eigenvalue weighted by Crippen LogP contribution is 2.31. The molecule has 2 atom stereocenters. The van der Waals surface area contributed by atoms with Crippen molar-refractivity contribution in [2.45, 2.75) is 57.9 Å². The molecule has 2 heteroatoms. The topological polar surface area (TPSA) is 27.0 Å². The van der Waals surface area contributed by atoms with Crippen LogP contribution in [-0.4, -0.2) is 24.0 Å². The molecule has 90 valence electrons. The first kappa shape index (κ1) is 11.9. The Morgan fingerprint density at radius 2 is 1.81 bits per heavy atom. The molecule has 0 aromatic rings. The van der Waals surface area contributed by atoms with Crippen molar-refractivity contribution >= 4 is 0 Å². The second-order valence-electron chi connectivity index (χ2n) is 5.47. The summed E-state index contributed by atoms with van der Waals surface area (Å²) in [4.78, 5) is 2.61. The van der Waals surface area contributed by atoms with Crippen molar-refractivity contribution in [3.63, 3.8) is 0 Å². The smallest absolute Gasteiger partial charge is 0.0672 e. The van der Waals surface area contributed by atoms with Gasteiger partial charge in [-0.2, -0.15) is 5.26 Å². The number of nitrogens with zero attached hydrogens (tertiary/aromatic N) is 2. The first-order valence-electron chi connectivity index (χ1n) is 6.98. The average molecular weight is 220 g/mol. The lowest BCUT2D eigenvalue weighted by molar-refractivity contribution is 0.0849. The van der Waals surface area contributed by atoms with Crippen LogP contribution in [0.4, 0.5) is 0 Å². The predicted octanol–water partition coefficient (Wildman–Crippen LogP) is 3.19. The molecule has 0 radical (unpaired) electrons. The van der Waals surface area contributed by atoms with E-state index < -0.39 is 0 Å². The molecule has 0 N–H and O–H groups in total. The summed E-state index contributed by atoms with van der Waals surface area (Å²) >= 11 is 0. The van der Waals surface area contributed by atoms with Crippen LogP contribution in [-0.2, 0) is 0 Å². The van der Waals surface area contributed by atoms with E-state index in [1.54, 1.807) is 0 Å². The Morgan fingerprint density at radius 1 is 1.12 bits per heavy atom. The van der Waals surface area contributed by atoms with Crippen LogP contribution in [0.3, 0.4) is 0 Å². The molecule has 1 saturated heterocycles. The number of hydrogen-bond donors (Lipinski definition) is 0. The van der Waals surface area contributed by atoms with Crippen LogP contribution < -0.4 is 0 Å². The molecule has 0 spiro atoms. The van der Waals surface area contributed by atoms with Gasteiger partial charge in [-0.25, -0.2) is 0 Å². The van der Waals surface area contributed by atoms with Gasteiger partial charge >= 0.3 is 0 Å². The second-order valence-corrected chi connectivity index (χ2v) is 5.47. The number of piperidine rings is 1. The van der Waals surface area contributed by atoms with Gasteiger partial charge < -0.3 is 0 Å². The maximum atomic E-state index is 9.21. The third-order valence-electron chi connectivity index (χ3n) is 4.59. The summed E-state index contributed by atoms with van der Waals surface area (Å²) in [5.41, 5.74) is 0. The van der Waals surface area contributed by atoms with Gasteiger partial charge in [-0.15, -0.1) is 0 Å². The first-order valence-corrected chi connectivity index (χ1v) is 6.98. The summed E-state index contributed by atoms with van der Waals surface area (Å²) in [5.74, 6) is 1.26. The highest BCUT2D eigenvalue weighted by Gasteiger charge is 2.31. The summed E-state index contributed by atoms with van der Waals surface area (Å²) in [6.07, 6.45) is 9.02. The van der Waals surface area contributed by atoms with Crippen molar-refractivity contribution in [1.82, 2.24) is 4.90 Å². The van der Waals surface area contributed by atoms with E-state index in [9.17, 15) is 5.26 Å². The van der Waals surface area contributed by atoms with Gasteiger partial charge in [-0.05, 0) is 44.7 Å². The molecule has 2 rings (SSSR count). The molecule has 2 nitrogen and oxygen atoms in total. The van der Waals surface area contributed by atoms with Gasteiger partial charge in [0.1, 0.15) is 0 Å². The Kier molecular flexibility index (Phi) is 4.23. The molecule has 2 unspecified atom stereocenters. The molecule has 1 heterocycles. The molecule has 1 aliphatic heterocycles. The highest BCUT2D eigenvalue weighted by molar-refractivity contribution is 4.96. The van der Waals surface area contributed by atoms with Gasteiger partial charge in [0.05, 0.1) is 12.0 Å². The number of nitriles is 1. The van der Waals surface area contributed by atoms with E-state index in [0.717, 1.165) is 12.3 Å². The minimum absolute atomic E-state index is 0.312. The Morgan fingerprint density at radius 3 is 2.44 bits per heavy atom. The van der Waals surface area contributed by atoms with E-state index in [2.05, 4.69) is 17.9 Å². The third kappa shape index (κ3) is 2.58. The van der Waals surface area contributed by atoms with Gasteiger partial charge in [0.15, 0.2) is 0 Å². The normalized spacial score (nSPS) is 33.5. The van der Waals surface area contributed by atoms with Crippen molar-refractivity contribution in [2.24, 2.45) is 11.8 Å². The maximum Gasteiger partial charge on any atom is 0.0672 e. The summed E-state index contributed by atoms with van der Waals surface area (Å²) in [7, 11) is 0. The molecule has 1 saturated carbocycles. The quantitative estimate of drug-likeness (QED) is 0.714. The zero-order valence-corrected chi connectivity index (χ0v) is 10.5. The number of hydrogen-bond acceptors (Lipinski definition) is 2. The van der Waals surface area contributed by atoms with E-state index in [-0.39, 0.29) is 0 Å². The van der Waals surface area contributed by atoms with Crippen molar-refractivity contribution in [3.05, 3.63) is 0 Å². The molecule has 0 amide bonds. The minimum Gasteiger partial charge on any atom is -0.299 e. The van der Waals surface area contributed by atoms with Crippen molar-refractivity contribution in [3.8, 4) is 6.07 Å². The zero-order valence-electron chi connectivity index (χ0n) is 10.5. The summed E-state index contributed by atoms with van der Waals surface area (Å²) in [5, 5.41) is 9.21. The van der Waals surface area contributed by atoms with Gasteiger partial charge in [0.2, 0.25) is 0 Å². The van der Waals surface area contributed by atoms with E-state index in [4.69, 9.17) is 0 Å². The molecule has 2 aliphatic rings. The van der Waals surface area contributed by atoms with Crippen LogP contribution in [0.5, 0.6) is 0 Å². The zero-order chi connectivity index (χ0) is 11.4. The number of likely N-dealkylation sites (tertiary alicyclic amines) is 1. The van der Waals surface area contributed by atoms with Crippen molar-refractivity contribution in [2.75, 3.05) is 13.1 Å². The van der Waals surface area contributed by atoms with Crippen LogP contribution >= 0.6 is 0 Å². The van der Waals surface area contributed by atoms with E-state index in [0.29, 0.717) is 12.0 Å². The molecule has 0 aromatic carbocycles. The fraction of sp³-hybridized carbons (Fsp3) is 0.929. The van der Waals surface area contributed by atoms with Crippen LogP contribution in [0.2, 0.25) is 0 Å². The van der Waals surface area contributed by atoms with Crippen LogP contribution in [0, 0.1) is 23.2 Å². The molecular formula is C14H24N2. The first-order chi connectivity index (χ1) is 7.85. The van der Waals surface area contributed by atoms with Crippen LogP contribution in [0.25, 0.3) is 0 Å². The molecule has 0 bridgehead atoms. The molecular weight excluding hydrogens is 196 g/mol. The second kappa shape index (κ2) is 5.68. The lowest BCUT2D eigenvalue weighted by atomic mass is 9.82. The largest absolute Gasteiger partial charge is 0.299 e. The van der Waals surface area contributed by atoms with Crippen LogP contribution in [0.15, 0.2) is 0 Å². The van der Waals surface area contributed by atoms with Gasteiger partial charge in [-0.3, -0.25) is 4.90 Å². The Labute approximate surface area is 99.6 Å². The van der Waals surface area contributed by atoms with Gasteiger partial charge in [0.25, 0.3) is 0 Å². The molecule has 16 heavy (non-hydrogen) atoms. The Balaban J connectivity index is 1.89. The summed E-state index contributed by atoms with van der Waals surface area (Å²) in [6, 6.07) is 3.11. The standard InChI is InChI=1S/C14H24N2/c1-2-12-7-9-16(10-8-12)14-6-4-3-5-13(14)11-15/h12-14H,2-10H2,1H3. The average Bonchev–Trinajstić information content (AvgIpc) is 2.39. The lowest BCUT2D eigenvalue weighted by Crippen LogP contribution is -2.46. The maximum absolute atomic E-state index is 9.21. The van der Waals surface area contributed by atoms with E-state index in [1.165, 1.54) is 51.6 Å². The fourth-order valence-corrected chi connectivity index (χ4v) is 3.39. The lowest BCUT2D eigenvalue weighted by Gasteiger charge is -2.41. The van der Waals surface area contributed by atoms with Gasteiger partial charge in [-0.1, -0.05) is 26.2 Å². The van der Waals surface area contributed by atoms with Crippen molar-refractivity contribution < 1.29 is 0 Å². The molecule has 0 aromatic heterocycles. The van der Waals surface area contributed by atoms with Gasteiger partial charge in [0, 0.05) is 6.04 Å². The van der Waals surface area contributed by atoms with E-state index >= 15 is 0 Å². The minimum atomic E-state index is 0.312. The summed E-state index contributed by atoms with van der Waals surface area (Å²) in [6.45, 7) is 4.78. The number of rotatable bonds is 2. The summed E-state index contributed by atoms with van der Waals surface area (Å²) < 4.78 is 0. The monoisotopic (exact) mass is 220 g/mol. The Hall–Kier alpha value is -0.550. The fourth-order valence-electron chi connectivity index (χ4n) is 3.39. The van der Waals surface area contributed by atoms with Crippen LogP contribution in [0.1, 0.15) is 51.9 Å². The molecule has 2 fully saturated rings. The SMILES string of the molecule is CCC1CCN(C2CCCCC2C#N)CC1. The molecule has 1 aliphatic carbocycles. The Bertz CT molecular complexity index is 248. The van der Waals surface area contributed by atoms with E-state index in [1.807, 2.05) is 0 Å². The van der Waals surface area contributed by atoms with Crippen molar-refractivity contribution in [1.29, 1.82) is 5.26 Å². The highest BCUT2D eigenvalue weighted by atomic mass is 15.2. The predicted molar refractivity (Wildman–Crippen MR) is 65.9 cm³/mol. The third-order valence-corrected chi connectivity index (χ3v) is 4.59.